The number of imidazole rings is 1. The Morgan fingerprint density at radius 1 is 1.08 bits per heavy atom. The summed E-state index contributed by atoms with van der Waals surface area (Å²) >= 11 is 0. The third-order valence-corrected chi connectivity index (χ3v) is 3.58. The van der Waals surface area contributed by atoms with Crippen LogP contribution in [0.25, 0.3) is 0 Å². The second kappa shape index (κ2) is 8.59. The molecule has 0 fully saturated rings. The molecule has 1 aromatic heterocycles. The number of phenolic OH excluding ortho intramolecular Hbond substituents is 1. The van der Waals surface area contributed by atoms with Gasteiger partial charge in [0.2, 0.25) is 0 Å². The van der Waals surface area contributed by atoms with Gasteiger partial charge in [0.25, 0.3) is 0 Å². The second-order valence-corrected chi connectivity index (χ2v) is 5.35. The Hall–Kier alpha value is -3.21. The van der Waals surface area contributed by atoms with Gasteiger partial charge in [-0.1, -0.05) is 30.0 Å². The van der Waals surface area contributed by atoms with E-state index in [2.05, 4.69) is 22.9 Å². The first kappa shape index (κ1) is 18.1. The van der Waals surface area contributed by atoms with Crippen molar-refractivity contribution in [2.75, 3.05) is 0 Å². The summed E-state index contributed by atoms with van der Waals surface area (Å²) in [5.41, 5.74) is 3.57. The van der Waals surface area contributed by atoms with Gasteiger partial charge in [0, 0.05) is 24.0 Å². The van der Waals surface area contributed by atoms with Crippen LogP contribution >= 0.6 is 12.4 Å². The minimum atomic E-state index is 0. The lowest BCUT2D eigenvalue weighted by molar-refractivity contribution is 0.475. The summed E-state index contributed by atoms with van der Waals surface area (Å²) in [4.78, 5) is 4.19. The highest BCUT2D eigenvalue weighted by molar-refractivity contribution is 5.85. The zero-order valence-electron chi connectivity index (χ0n) is 13.4. The Balaban J connectivity index is 0.00000225. The average Bonchev–Trinajstić information content (AvgIpc) is 3.03. The molecule has 5 heteroatoms. The average molecular weight is 350 g/mol. The van der Waals surface area contributed by atoms with Crippen LogP contribution in [0.4, 0.5) is 0 Å². The van der Waals surface area contributed by atoms with Gasteiger partial charge in [-0.25, -0.2) is 4.98 Å². The maximum atomic E-state index is 9.44. The van der Waals surface area contributed by atoms with Gasteiger partial charge < -0.3 is 9.67 Å². The molecule has 25 heavy (non-hydrogen) atoms. The van der Waals surface area contributed by atoms with Crippen LogP contribution in [0.2, 0.25) is 0 Å². The van der Waals surface area contributed by atoms with Gasteiger partial charge in [-0.2, -0.15) is 5.26 Å². The molecule has 3 rings (SSSR count). The summed E-state index contributed by atoms with van der Waals surface area (Å²) in [5, 5.41) is 18.3. The molecular weight excluding hydrogens is 334 g/mol. The van der Waals surface area contributed by atoms with Crippen LogP contribution in [0.15, 0.2) is 61.1 Å². The predicted molar refractivity (Wildman–Crippen MR) is 98.4 cm³/mol. The van der Waals surface area contributed by atoms with Crippen LogP contribution in [-0.2, 0) is 13.0 Å². The largest absolute Gasteiger partial charge is 0.508 e. The first-order chi connectivity index (χ1) is 11.7. The Morgan fingerprint density at radius 2 is 1.88 bits per heavy atom. The van der Waals surface area contributed by atoms with E-state index in [0.29, 0.717) is 18.5 Å². The van der Waals surface area contributed by atoms with Crippen molar-refractivity contribution in [3.05, 3.63) is 83.4 Å². The number of phenols is 1. The van der Waals surface area contributed by atoms with Gasteiger partial charge >= 0.3 is 0 Å². The van der Waals surface area contributed by atoms with E-state index in [-0.39, 0.29) is 18.2 Å². The molecule has 0 atom stereocenters. The van der Waals surface area contributed by atoms with E-state index >= 15 is 0 Å². The van der Waals surface area contributed by atoms with Gasteiger partial charge in [-0.05, 0) is 35.9 Å². The number of halogens is 1. The smallest absolute Gasteiger partial charge is 0.116 e. The van der Waals surface area contributed by atoms with E-state index in [1.807, 2.05) is 34.9 Å². The first-order valence-corrected chi connectivity index (χ1v) is 7.50. The topological polar surface area (TPSA) is 61.8 Å². The Bertz CT molecular complexity index is 943. The number of hydrogen-bond donors (Lipinski definition) is 1. The molecule has 0 aliphatic rings. The van der Waals surface area contributed by atoms with Crippen molar-refractivity contribution in [1.29, 1.82) is 5.26 Å². The molecule has 1 N–H and O–H groups in total. The minimum absolute atomic E-state index is 0. The van der Waals surface area contributed by atoms with E-state index < -0.39 is 0 Å². The molecule has 0 unspecified atom stereocenters. The van der Waals surface area contributed by atoms with Crippen molar-refractivity contribution in [3.8, 4) is 23.7 Å². The molecule has 0 amide bonds. The third-order valence-electron chi connectivity index (χ3n) is 3.58. The summed E-state index contributed by atoms with van der Waals surface area (Å²) in [6.45, 7) is 0.689. The number of nitriles is 1. The number of hydrogen-bond acceptors (Lipinski definition) is 3. The maximum absolute atomic E-state index is 9.44. The van der Waals surface area contributed by atoms with Crippen molar-refractivity contribution in [2.45, 2.75) is 13.0 Å². The number of rotatable bonds is 3. The molecule has 4 nitrogen and oxygen atoms in total. The van der Waals surface area contributed by atoms with Gasteiger partial charge in [-0.15, -0.1) is 12.4 Å². The maximum Gasteiger partial charge on any atom is 0.116 e. The molecule has 1 heterocycles. The third kappa shape index (κ3) is 4.88. The quantitative estimate of drug-likeness (QED) is 0.736. The van der Waals surface area contributed by atoms with E-state index in [1.54, 1.807) is 30.7 Å². The predicted octanol–water partition coefficient (Wildman–Crippen LogP) is 3.52. The number of nitrogens with zero attached hydrogens (tertiary/aromatic N) is 3. The van der Waals surface area contributed by atoms with Crippen LogP contribution in [0.5, 0.6) is 5.75 Å². The van der Waals surface area contributed by atoms with Crippen LogP contribution in [0, 0.1) is 23.2 Å². The molecule has 0 aliphatic carbocycles. The van der Waals surface area contributed by atoms with Crippen molar-refractivity contribution in [2.24, 2.45) is 0 Å². The van der Waals surface area contributed by atoms with Crippen LogP contribution < -0.4 is 0 Å². The Labute approximate surface area is 152 Å². The minimum Gasteiger partial charge on any atom is -0.508 e. The lowest BCUT2D eigenvalue weighted by Gasteiger charge is -2.06. The van der Waals surface area contributed by atoms with Gasteiger partial charge in [0.15, 0.2) is 0 Å². The lowest BCUT2D eigenvalue weighted by atomic mass is 10.1. The van der Waals surface area contributed by atoms with Gasteiger partial charge in [0.1, 0.15) is 5.75 Å². The number of aromatic nitrogens is 2. The standard InChI is InChI=1S/C20H15N3O.ClH/c21-12-17-7-9-18(10-8-17)14-23-15-22-13-19(23)5-1-3-16-4-2-6-20(24)11-16;/h2,4,6-11,13,15,24H,5,14H2;1H. The molecule has 0 saturated heterocycles. The fraction of sp³-hybridized carbons (Fsp3) is 0.100. The van der Waals surface area contributed by atoms with E-state index in [0.717, 1.165) is 16.8 Å². The molecule has 2 aromatic carbocycles. The summed E-state index contributed by atoms with van der Waals surface area (Å²) in [7, 11) is 0. The molecule has 0 saturated carbocycles. The zero-order valence-corrected chi connectivity index (χ0v) is 14.2. The van der Waals surface area contributed by atoms with Crippen molar-refractivity contribution < 1.29 is 5.11 Å². The highest BCUT2D eigenvalue weighted by Gasteiger charge is 2.02. The zero-order chi connectivity index (χ0) is 16.8. The fourth-order valence-electron chi connectivity index (χ4n) is 2.34. The molecule has 0 spiro atoms. The van der Waals surface area contributed by atoms with Crippen LogP contribution in [0.3, 0.4) is 0 Å². The van der Waals surface area contributed by atoms with E-state index in [4.69, 9.17) is 5.26 Å². The van der Waals surface area contributed by atoms with Crippen molar-refractivity contribution in [1.82, 2.24) is 9.55 Å². The number of benzene rings is 2. The molecule has 0 aliphatic heterocycles. The summed E-state index contributed by atoms with van der Waals surface area (Å²) in [6, 6.07) is 16.5. The number of aromatic hydroxyl groups is 1. The normalized spacial score (nSPS) is 9.40. The molecule has 0 bridgehead atoms. The first-order valence-electron chi connectivity index (χ1n) is 7.50. The van der Waals surface area contributed by atoms with Gasteiger partial charge in [0.05, 0.1) is 24.4 Å². The van der Waals surface area contributed by atoms with Crippen LogP contribution in [-0.4, -0.2) is 14.7 Å². The molecule has 3 aromatic rings. The monoisotopic (exact) mass is 349 g/mol. The molecule has 0 radical (unpaired) electrons. The molecule has 124 valence electrons. The SMILES string of the molecule is Cl.N#Cc1ccc(Cn2cncc2CC#Cc2cccc(O)c2)cc1. The van der Waals surface area contributed by atoms with E-state index in [9.17, 15) is 5.11 Å². The van der Waals surface area contributed by atoms with Crippen LogP contribution in [0.1, 0.15) is 22.4 Å². The lowest BCUT2D eigenvalue weighted by Crippen LogP contribution is -2.02. The van der Waals surface area contributed by atoms with Crippen molar-refractivity contribution >= 4 is 12.4 Å². The van der Waals surface area contributed by atoms with Gasteiger partial charge in [-0.3, -0.25) is 0 Å². The Kier molecular flexibility index (Phi) is 6.23. The molecular formula is C20H16ClN3O. The second-order valence-electron chi connectivity index (χ2n) is 5.35. The summed E-state index contributed by atoms with van der Waals surface area (Å²) < 4.78 is 2.04. The fourth-order valence-corrected chi connectivity index (χ4v) is 2.34. The highest BCUT2D eigenvalue weighted by atomic mass is 35.5. The summed E-state index contributed by atoms with van der Waals surface area (Å²) in [5.74, 6) is 6.37. The summed E-state index contributed by atoms with van der Waals surface area (Å²) in [6.07, 6.45) is 4.16. The van der Waals surface area contributed by atoms with E-state index in [1.165, 1.54) is 0 Å². The van der Waals surface area contributed by atoms with Crippen molar-refractivity contribution in [3.63, 3.8) is 0 Å². The Morgan fingerprint density at radius 3 is 2.60 bits per heavy atom. The highest BCUT2D eigenvalue weighted by Crippen LogP contribution is 2.10.